The first-order chi connectivity index (χ1) is 12.8. The van der Waals surface area contributed by atoms with Gasteiger partial charge in [0.15, 0.2) is 0 Å². The van der Waals surface area contributed by atoms with Gasteiger partial charge in [-0.25, -0.2) is 4.98 Å². The summed E-state index contributed by atoms with van der Waals surface area (Å²) in [5.41, 5.74) is 2.71. The molecule has 3 aromatic carbocycles. The molecule has 136 valence electrons. The third kappa shape index (κ3) is 4.27. The van der Waals surface area contributed by atoms with Crippen LogP contribution in [0.3, 0.4) is 0 Å². The highest BCUT2D eigenvalue weighted by Crippen LogP contribution is 2.27. The predicted octanol–water partition coefficient (Wildman–Crippen LogP) is 5.55. The number of ether oxygens (including phenoxy) is 1. The van der Waals surface area contributed by atoms with Crippen LogP contribution in [-0.4, -0.2) is 17.1 Å². The van der Waals surface area contributed by atoms with Gasteiger partial charge >= 0.3 is 0 Å². The fourth-order valence-electron chi connectivity index (χ4n) is 2.72. The van der Waals surface area contributed by atoms with Crippen molar-refractivity contribution in [1.29, 1.82) is 0 Å². The smallest absolute Gasteiger partial charge is 0.229 e. The molecule has 1 aromatic heterocycles. The molecule has 0 spiro atoms. The second-order valence-corrected chi connectivity index (χ2v) is 5.76. The number of hydrogen-bond acceptors (Lipinski definition) is 5. The predicted molar refractivity (Wildman–Crippen MR) is 113 cm³/mol. The average molecular weight is 379 g/mol. The number of nitrogens with zero attached hydrogens (tertiary/aromatic N) is 2. The lowest BCUT2D eigenvalue weighted by molar-refractivity contribution is 0.415. The molecule has 0 unspecified atom stereocenters. The van der Waals surface area contributed by atoms with E-state index in [-0.39, 0.29) is 12.4 Å². The number of methoxy groups -OCH3 is 1. The van der Waals surface area contributed by atoms with Crippen molar-refractivity contribution in [3.63, 3.8) is 0 Å². The van der Waals surface area contributed by atoms with Gasteiger partial charge in [0.2, 0.25) is 5.95 Å². The Kier molecular flexibility index (Phi) is 5.74. The SMILES string of the molecule is COc1cccc(Nc2nc(Nc3ccccc3)c3ccccc3n2)c1.Cl. The molecule has 0 aliphatic heterocycles. The zero-order chi connectivity index (χ0) is 17.8. The van der Waals surface area contributed by atoms with E-state index in [1.165, 1.54) is 0 Å². The van der Waals surface area contributed by atoms with Crippen molar-refractivity contribution in [2.45, 2.75) is 0 Å². The Morgan fingerprint density at radius 2 is 1.48 bits per heavy atom. The summed E-state index contributed by atoms with van der Waals surface area (Å²) in [5.74, 6) is 2.06. The number of halogens is 1. The van der Waals surface area contributed by atoms with E-state index in [1.807, 2.05) is 78.9 Å². The lowest BCUT2D eigenvalue weighted by Gasteiger charge is -2.12. The van der Waals surface area contributed by atoms with Crippen molar-refractivity contribution in [3.8, 4) is 5.75 Å². The standard InChI is InChI=1S/C21H18N4O.ClH/c1-26-17-11-7-10-16(14-17)23-21-24-19-13-6-5-12-18(19)20(25-21)22-15-8-3-2-4-9-15;/h2-14H,1H3,(H2,22,23,24,25);1H. The Bertz CT molecular complexity index is 1040. The van der Waals surface area contributed by atoms with Gasteiger partial charge in [0.1, 0.15) is 11.6 Å². The van der Waals surface area contributed by atoms with E-state index < -0.39 is 0 Å². The normalized spacial score (nSPS) is 10.1. The Morgan fingerprint density at radius 1 is 0.741 bits per heavy atom. The molecule has 6 heteroatoms. The Hall–Kier alpha value is -3.31. The molecule has 0 saturated heterocycles. The molecule has 4 rings (SSSR count). The van der Waals surface area contributed by atoms with Gasteiger partial charge in [0.25, 0.3) is 0 Å². The van der Waals surface area contributed by atoms with Crippen LogP contribution >= 0.6 is 12.4 Å². The maximum atomic E-state index is 5.27. The summed E-state index contributed by atoms with van der Waals surface area (Å²) in [6, 6.07) is 25.6. The van der Waals surface area contributed by atoms with Gasteiger partial charge in [-0.1, -0.05) is 36.4 Å². The Labute approximate surface area is 163 Å². The third-order valence-electron chi connectivity index (χ3n) is 3.97. The van der Waals surface area contributed by atoms with Crippen molar-refractivity contribution in [2.24, 2.45) is 0 Å². The van der Waals surface area contributed by atoms with Crippen LogP contribution in [0.15, 0.2) is 78.9 Å². The third-order valence-corrected chi connectivity index (χ3v) is 3.97. The Morgan fingerprint density at radius 3 is 2.30 bits per heavy atom. The number of anilines is 4. The van der Waals surface area contributed by atoms with Crippen LogP contribution in [0.4, 0.5) is 23.1 Å². The van der Waals surface area contributed by atoms with Crippen LogP contribution in [0, 0.1) is 0 Å². The lowest BCUT2D eigenvalue weighted by atomic mass is 10.2. The first-order valence-corrected chi connectivity index (χ1v) is 8.32. The quantitative estimate of drug-likeness (QED) is 0.477. The summed E-state index contributed by atoms with van der Waals surface area (Å²) >= 11 is 0. The van der Waals surface area contributed by atoms with E-state index in [9.17, 15) is 0 Å². The first kappa shape index (κ1) is 18.5. The van der Waals surface area contributed by atoms with Crippen LogP contribution in [0.5, 0.6) is 5.75 Å². The van der Waals surface area contributed by atoms with Gasteiger partial charge in [-0.2, -0.15) is 4.98 Å². The minimum atomic E-state index is 0. The highest BCUT2D eigenvalue weighted by atomic mass is 35.5. The summed E-state index contributed by atoms with van der Waals surface area (Å²) in [7, 11) is 1.65. The number of aromatic nitrogens is 2. The minimum absolute atomic E-state index is 0. The summed E-state index contributed by atoms with van der Waals surface area (Å²) in [4.78, 5) is 9.30. The number of nitrogens with one attached hydrogen (secondary N) is 2. The zero-order valence-corrected chi connectivity index (χ0v) is 15.5. The highest BCUT2D eigenvalue weighted by molar-refractivity contribution is 5.92. The van der Waals surface area contributed by atoms with E-state index in [0.29, 0.717) is 5.95 Å². The fraction of sp³-hybridized carbons (Fsp3) is 0.0476. The molecular weight excluding hydrogens is 360 g/mol. The van der Waals surface area contributed by atoms with Crippen molar-refractivity contribution in [1.82, 2.24) is 9.97 Å². The minimum Gasteiger partial charge on any atom is -0.497 e. The van der Waals surface area contributed by atoms with E-state index in [0.717, 1.165) is 33.8 Å². The van der Waals surface area contributed by atoms with Crippen molar-refractivity contribution in [3.05, 3.63) is 78.9 Å². The number of rotatable bonds is 5. The van der Waals surface area contributed by atoms with E-state index in [2.05, 4.69) is 20.6 Å². The average Bonchev–Trinajstić information content (AvgIpc) is 2.69. The molecule has 0 saturated carbocycles. The Balaban J connectivity index is 0.00000210. The molecular formula is C21H19ClN4O. The maximum Gasteiger partial charge on any atom is 0.229 e. The number of fused-ring (bicyclic) bond motifs is 1. The summed E-state index contributed by atoms with van der Waals surface area (Å²) in [6.45, 7) is 0. The molecule has 1 heterocycles. The first-order valence-electron chi connectivity index (χ1n) is 8.32. The molecule has 0 bridgehead atoms. The van der Waals surface area contributed by atoms with Crippen LogP contribution < -0.4 is 15.4 Å². The molecule has 4 aromatic rings. The molecule has 27 heavy (non-hydrogen) atoms. The topological polar surface area (TPSA) is 59.1 Å². The summed E-state index contributed by atoms with van der Waals surface area (Å²) in [6.07, 6.45) is 0. The van der Waals surface area contributed by atoms with Gasteiger partial charge < -0.3 is 15.4 Å². The summed E-state index contributed by atoms with van der Waals surface area (Å²) in [5, 5.41) is 7.60. The fourth-order valence-corrected chi connectivity index (χ4v) is 2.72. The van der Waals surface area contributed by atoms with Crippen LogP contribution in [0.1, 0.15) is 0 Å². The molecule has 0 radical (unpaired) electrons. The van der Waals surface area contributed by atoms with Crippen LogP contribution in [-0.2, 0) is 0 Å². The van der Waals surface area contributed by atoms with E-state index >= 15 is 0 Å². The van der Waals surface area contributed by atoms with Gasteiger partial charge in [0.05, 0.1) is 12.6 Å². The molecule has 0 aliphatic rings. The highest BCUT2D eigenvalue weighted by Gasteiger charge is 2.08. The van der Waals surface area contributed by atoms with Crippen LogP contribution in [0.2, 0.25) is 0 Å². The van der Waals surface area contributed by atoms with E-state index in [4.69, 9.17) is 4.74 Å². The largest absolute Gasteiger partial charge is 0.497 e. The number of benzene rings is 3. The molecule has 0 amide bonds. The monoisotopic (exact) mass is 378 g/mol. The molecule has 2 N–H and O–H groups in total. The lowest BCUT2D eigenvalue weighted by Crippen LogP contribution is -2.02. The van der Waals surface area contributed by atoms with Gasteiger partial charge in [-0.05, 0) is 36.4 Å². The number of para-hydroxylation sites is 2. The van der Waals surface area contributed by atoms with Crippen molar-refractivity contribution >= 4 is 46.5 Å². The van der Waals surface area contributed by atoms with E-state index in [1.54, 1.807) is 7.11 Å². The van der Waals surface area contributed by atoms with Gasteiger partial charge in [-0.15, -0.1) is 12.4 Å². The van der Waals surface area contributed by atoms with Gasteiger partial charge in [-0.3, -0.25) is 0 Å². The number of hydrogen-bond donors (Lipinski definition) is 2. The second kappa shape index (κ2) is 8.38. The van der Waals surface area contributed by atoms with Crippen molar-refractivity contribution in [2.75, 3.05) is 17.7 Å². The molecule has 0 atom stereocenters. The molecule has 0 fully saturated rings. The second-order valence-electron chi connectivity index (χ2n) is 5.76. The molecule has 0 aliphatic carbocycles. The summed E-state index contributed by atoms with van der Waals surface area (Å²) < 4.78 is 5.27. The molecule has 5 nitrogen and oxygen atoms in total. The zero-order valence-electron chi connectivity index (χ0n) is 14.7. The van der Waals surface area contributed by atoms with Gasteiger partial charge in [0, 0.05) is 22.8 Å². The maximum absolute atomic E-state index is 5.27. The van der Waals surface area contributed by atoms with Crippen LogP contribution in [0.25, 0.3) is 10.9 Å². The van der Waals surface area contributed by atoms with Crippen molar-refractivity contribution < 1.29 is 4.74 Å².